The number of nitrogens with zero attached hydrogens (tertiary/aromatic N) is 3. The molecule has 2 aliphatic rings. The van der Waals surface area contributed by atoms with Crippen LogP contribution in [0.15, 0.2) is 5.38 Å². The van der Waals surface area contributed by atoms with Crippen molar-refractivity contribution in [2.45, 2.75) is 25.8 Å². The van der Waals surface area contributed by atoms with Crippen molar-refractivity contribution in [2.24, 2.45) is 0 Å². The maximum Gasteiger partial charge on any atom is 0.239 e. The first kappa shape index (κ1) is 15.5. The Hall–Kier alpha value is -0.850. The molecule has 0 bridgehead atoms. The Morgan fingerprint density at radius 3 is 2.70 bits per heavy atom. The fraction of sp³-hybridized carbons (Fsp3) is 0.692. The second kappa shape index (κ2) is 6.74. The third-order valence-corrected chi connectivity index (χ3v) is 4.85. The van der Waals surface area contributed by atoms with Crippen molar-refractivity contribution >= 4 is 34.8 Å². The molecule has 0 spiro atoms. The van der Waals surface area contributed by atoms with Gasteiger partial charge in [-0.2, -0.15) is 0 Å². The van der Waals surface area contributed by atoms with Crippen LogP contribution in [0.5, 0.6) is 0 Å². The van der Waals surface area contributed by atoms with Crippen molar-refractivity contribution in [1.29, 1.82) is 0 Å². The molecule has 5 nitrogen and oxygen atoms in total. The highest BCUT2D eigenvalue weighted by molar-refractivity contribution is 7.13. The van der Waals surface area contributed by atoms with Gasteiger partial charge >= 0.3 is 0 Å². The lowest BCUT2D eigenvalue weighted by Gasteiger charge is -2.35. The number of amides is 1. The molecule has 2 saturated heterocycles. The molecule has 1 aromatic heterocycles. The van der Waals surface area contributed by atoms with Gasteiger partial charge in [-0.3, -0.25) is 4.79 Å². The average molecular weight is 317 g/mol. The van der Waals surface area contributed by atoms with Gasteiger partial charge in [-0.1, -0.05) is 0 Å². The van der Waals surface area contributed by atoms with Gasteiger partial charge in [0.05, 0.1) is 11.7 Å². The third-order valence-electron chi connectivity index (χ3n) is 3.83. The average Bonchev–Trinajstić information content (AvgIpc) is 3.09. The van der Waals surface area contributed by atoms with Crippen LogP contribution in [0, 0.1) is 6.92 Å². The largest absolute Gasteiger partial charge is 0.345 e. The van der Waals surface area contributed by atoms with Crippen LogP contribution in [0.3, 0.4) is 0 Å². The van der Waals surface area contributed by atoms with Crippen molar-refractivity contribution in [2.75, 3.05) is 37.6 Å². The molecule has 1 unspecified atom stereocenters. The zero-order chi connectivity index (χ0) is 13.2. The van der Waals surface area contributed by atoms with Crippen molar-refractivity contribution in [3.63, 3.8) is 0 Å². The Kier molecular flexibility index (Phi) is 5.23. The van der Waals surface area contributed by atoms with E-state index in [1.807, 2.05) is 11.8 Å². The van der Waals surface area contributed by atoms with E-state index in [9.17, 15) is 4.79 Å². The van der Waals surface area contributed by atoms with Gasteiger partial charge in [0, 0.05) is 31.6 Å². The van der Waals surface area contributed by atoms with E-state index < -0.39 is 0 Å². The molecule has 0 saturated carbocycles. The number of rotatable bonds is 2. The predicted octanol–water partition coefficient (Wildman–Crippen LogP) is 1.27. The fourth-order valence-electron chi connectivity index (χ4n) is 2.72. The van der Waals surface area contributed by atoms with E-state index in [1.165, 1.54) is 0 Å². The standard InChI is InChI=1S/C13H20N4OS.ClH/c1-10-9-19-13(15-10)17-7-5-16(6-8-17)12(18)11-3-2-4-14-11;/h9,11,14H,2-8H2,1H3;1H. The summed E-state index contributed by atoms with van der Waals surface area (Å²) in [6, 6.07) is 0.0636. The molecular formula is C13H21ClN4OS. The highest BCUT2D eigenvalue weighted by Gasteiger charge is 2.29. The molecule has 1 atom stereocenters. The summed E-state index contributed by atoms with van der Waals surface area (Å²) in [6.45, 7) is 6.42. The summed E-state index contributed by atoms with van der Waals surface area (Å²) in [5.74, 6) is 0.285. The number of aryl methyl sites for hydroxylation is 1. The maximum atomic E-state index is 12.3. The van der Waals surface area contributed by atoms with E-state index in [0.717, 1.165) is 56.4 Å². The lowest BCUT2D eigenvalue weighted by atomic mass is 10.2. The summed E-state index contributed by atoms with van der Waals surface area (Å²) in [5, 5.41) is 6.45. The molecule has 2 aliphatic heterocycles. The molecular weight excluding hydrogens is 296 g/mol. The molecule has 3 rings (SSSR count). The van der Waals surface area contributed by atoms with Crippen molar-refractivity contribution in [3.8, 4) is 0 Å². The predicted molar refractivity (Wildman–Crippen MR) is 83.9 cm³/mol. The normalized spacial score (nSPS) is 22.8. The molecule has 1 amide bonds. The topological polar surface area (TPSA) is 48.5 Å². The first-order valence-corrected chi connectivity index (χ1v) is 7.81. The van der Waals surface area contributed by atoms with Crippen LogP contribution < -0.4 is 10.2 Å². The molecule has 0 aromatic carbocycles. The minimum atomic E-state index is 0. The Labute approximate surface area is 129 Å². The second-order valence-corrected chi connectivity index (χ2v) is 6.07. The van der Waals surface area contributed by atoms with Gasteiger partial charge in [-0.25, -0.2) is 4.98 Å². The van der Waals surface area contributed by atoms with E-state index in [4.69, 9.17) is 0 Å². The Morgan fingerprint density at radius 2 is 2.15 bits per heavy atom. The van der Waals surface area contributed by atoms with Crippen LogP contribution in [0.2, 0.25) is 0 Å². The van der Waals surface area contributed by atoms with Crippen molar-refractivity contribution < 1.29 is 4.79 Å². The zero-order valence-electron chi connectivity index (χ0n) is 11.7. The lowest BCUT2D eigenvalue weighted by molar-refractivity contribution is -0.133. The number of anilines is 1. The van der Waals surface area contributed by atoms with Crippen molar-refractivity contribution in [1.82, 2.24) is 15.2 Å². The SMILES string of the molecule is Cc1csc(N2CCN(C(=O)C3CCCN3)CC2)n1.Cl. The number of piperazine rings is 1. The highest BCUT2D eigenvalue weighted by Crippen LogP contribution is 2.21. The van der Waals surface area contributed by atoms with E-state index in [2.05, 4.69) is 20.6 Å². The fourth-order valence-corrected chi connectivity index (χ4v) is 3.58. The summed E-state index contributed by atoms with van der Waals surface area (Å²) < 4.78 is 0. The van der Waals surface area contributed by atoms with Crippen LogP contribution in [0.25, 0.3) is 0 Å². The van der Waals surface area contributed by atoms with Gasteiger partial charge in [-0.05, 0) is 26.3 Å². The van der Waals surface area contributed by atoms with Gasteiger partial charge in [0.25, 0.3) is 0 Å². The molecule has 1 aromatic rings. The van der Waals surface area contributed by atoms with Gasteiger partial charge < -0.3 is 15.1 Å². The number of carbonyl (C=O) groups is 1. The quantitative estimate of drug-likeness (QED) is 0.893. The smallest absolute Gasteiger partial charge is 0.239 e. The summed E-state index contributed by atoms with van der Waals surface area (Å²) >= 11 is 1.69. The Morgan fingerprint density at radius 1 is 1.40 bits per heavy atom. The molecule has 20 heavy (non-hydrogen) atoms. The van der Waals surface area contributed by atoms with Crippen LogP contribution in [-0.2, 0) is 4.79 Å². The van der Waals surface area contributed by atoms with Gasteiger partial charge in [0.15, 0.2) is 5.13 Å². The third kappa shape index (κ3) is 3.24. The first-order chi connectivity index (χ1) is 9.24. The lowest BCUT2D eigenvalue weighted by Crippen LogP contribution is -2.53. The van der Waals surface area contributed by atoms with E-state index >= 15 is 0 Å². The molecule has 1 N–H and O–H groups in total. The van der Waals surface area contributed by atoms with Gasteiger partial charge in [-0.15, -0.1) is 23.7 Å². The van der Waals surface area contributed by atoms with Crippen LogP contribution >= 0.6 is 23.7 Å². The van der Waals surface area contributed by atoms with Gasteiger partial charge in [0.2, 0.25) is 5.91 Å². The monoisotopic (exact) mass is 316 g/mol. The van der Waals surface area contributed by atoms with Gasteiger partial charge in [0.1, 0.15) is 0 Å². The Bertz CT molecular complexity index is 453. The number of hydrogen-bond acceptors (Lipinski definition) is 5. The molecule has 0 aliphatic carbocycles. The molecule has 3 heterocycles. The number of aromatic nitrogens is 1. The number of nitrogens with one attached hydrogen (secondary N) is 1. The van der Waals surface area contributed by atoms with Crippen LogP contribution in [0.1, 0.15) is 18.5 Å². The van der Waals surface area contributed by atoms with Crippen molar-refractivity contribution in [3.05, 3.63) is 11.1 Å². The number of hydrogen-bond donors (Lipinski definition) is 1. The molecule has 0 radical (unpaired) electrons. The van der Waals surface area contributed by atoms with E-state index in [0.29, 0.717) is 0 Å². The molecule has 112 valence electrons. The minimum absolute atomic E-state index is 0. The van der Waals surface area contributed by atoms with Crippen LogP contribution in [-0.4, -0.2) is 54.6 Å². The number of halogens is 1. The molecule has 2 fully saturated rings. The first-order valence-electron chi connectivity index (χ1n) is 6.93. The molecule has 7 heteroatoms. The van der Waals surface area contributed by atoms with E-state index in [1.54, 1.807) is 11.3 Å². The van der Waals surface area contributed by atoms with E-state index in [-0.39, 0.29) is 24.4 Å². The highest BCUT2D eigenvalue weighted by atomic mass is 35.5. The summed E-state index contributed by atoms with van der Waals surface area (Å²) in [5.41, 5.74) is 1.08. The summed E-state index contributed by atoms with van der Waals surface area (Å²) in [4.78, 5) is 21.1. The zero-order valence-corrected chi connectivity index (χ0v) is 13.3. The summed E-state index contributed by atoms with van der Waals surface area (Å²) in [6.07, 6.45) is 2.11. The van der Waals surface area contributed by atoms with Crippen LogP contribution in [0.4, 0.5) is 5.13 Å². The summed E-state index contributed by atoms with van der Waals surface area (Å²) in [7, 11) is 0. The second-order valence-electron chi connectivity index (χ2n) is 5.23. The Balaban J connectivity index is 0.00000147. The number of thiazole rings is 1. The minimum Gasteiger partial charge on any atom is -0.345 e. The maximum absolute atomic E-state index is 12.3. The number of carbonyl (C=O) groups excluding carboxylic acids is 1.